The summed E-state index contributed by atoms with van der Waals surface area (Å²) in [4.78, 5) is 11.6. The van der Waals surface area contributed by atoms with Gasteiger partial charge in [-0.05, 0) is 32.8 Å². The molecule has 92 valence electrons. The van der Waals surface area contributed by atoms with Gasteiger partial charge in [0, 0.05) is 13.0 Å². The molecule has 0 bridgehead atoms. The first-order chi connectivity index (χ1) is 7.77. The van der Waals surface area contributed by atoms with E-state index in [1.807, 2.05) is 58.1 Å². The summed E-state index contributed by atoms with van der Waals surface area (Å²) < 4.78 is 0. The smallest absolute Gasteiger partial charge is 0.251 e. The van der Waals surface area contributed by atoms with E-state index >= 15 is 0 Å². The molecule has 0 atom stereocenters. The van der Waals surface area contributed by atoms with E-state index in [1.54, 1.807) is 0 Å². The van der Waals surface area contributed by atoms with E-state index in [0.29, 0.717) is 6.04 Å². The first-order valence-electron chi connectivity index (χ1n) is 6.04. The van der Waals surface area contributed by atoms with Gasteiger partial charge in [-0.25, -0.2) is 0 Å². The lowest BCUT2D eigenvalue weighted by Gasteiger charge is -2.02. The molecule has 1 rings (SSSR count). The maximum absolute atomic E-state index is 11.6. The lowest BCUT2D eigenvalue weighted by molar-refractivity contribution is -0.117. The van der Waals surface area contributed by atoms with Gasteiger partial charge in [0.15, 0.2) is 0 Å². The minimum Gasteiger partial charge on any atom is -0.349 e. The molecule has 1 saturated carbocycles. The molecule has 0 heterocycles. The van der Waals surface area contributed by atoms with Crippen molar-refractivity contribution in [2.24, 2.45) is 0 Å². The second kappa shape index (κ2) is 8.96. The van der Waals surface area contributed by atoms with Crippen LogP contribution in [-0.4, -0.2) is 11.9 Å². The Morgan fingerprint density at radius 3 is 2.31 bits per heavy atom. The van der Waals surface area contributed by atoms with Gasteiger partial charge in [-0.15, -0.1) is 0 Å². The quantitative estimate of drug-likeness (QED) is 0.572. The van der Waals surface area contributed by atoms with Crippen molar-refractivity contribution in [1.82, 2.24) is 5.32 Å². The molecule has 0 saturated heterocycles. The van der Waals surface area contributed by atoms with Crippen molar-refractivity contribution in [1.29, 1.82) is 0 Å². The molecule has 0 aromatic rings. The monoisotopic (exact) mass is 223 g/mol. The summed E-state index contributed by atoms with van der Waals surface area (Å²) in [6.45, 7) is 7.84. The SMILES string of the molecule is CC.C\C=C/C=C(\C=C/C)C(=O)NC1CC1.[HH]. The molecule has 1 aliphatic rings. The number of hydrogen-bond acceptors (Lipinski definition) is 1. The summed E-state index contributed by atoms with van der Waals surface area (Å²) in [6, 6.07) is 0.418. The van der Waals surface area contributed by atoms with Gasteiger partial charge in [-0.2, -0.15) is 0 Å². The number of carbonyl (C=O) groups is 1. The van der Waals surface area contributed by atoms with Crippen LogP contribution in [0.25, 0.3) is 0 Å². The molecule has 1 amide bonds. The van der Waals surface area contributed by atoms with Crippen LogP contribution in [-0.2, 0) is 4.79 Å². The van der Waals surface area contributed by atoms with Crippen molar-refractivity contribution in [3.8, 4) is 0 Å². The van der Waals surface area contributed by atoms with Gasteiger partial charge >= 0.3 is 0 Å². The predicted molar refractivity (Wildman–Crippen MR) is 72.3 cm³/mol. The van der Waals surface area contributed by atoms with Gasteiger partial charge in [0.1, 0.15) is 0 Å². The molecule has 0 radical (unpaired) electrons. The molecule has 1 aliphatic carbocycles. The normalized spacial score (nSPS) is 16.1. The Morgan fingerprint density at radius 2 is 1.88 bits per heavy atom. The number of hydrogen-bond donors (Lipinski definition) is 1. The lowest BCUT2D eigenvalue weighted by atomic mass is 10.2. The first kappa shape index (κ1) is 14.7. The fourth-order valence-electron chi connectivity index (χ4n) is 1.08. The number of nitrogens with one attached hydrogen (secondary N) is 1. The van der Waals surface area contributed by atoms with Gasteiger partial charge in [0.25, 0.3) is 5.91 Å². The van der Waals surface area contributed by atoms with Crippen LogP contribution in [0.2, 0.25) is 0 Å². The third kappa shape index (κ3) is 6.23. The van der Waals surface area contributed by atoms with Crippen molar-refractivity contribution in [3.05, 3.63) is 36.0 Å². The molecule has 1 fully saturated rings. The van der Waals surface area contributed by atoms with Gasteiger partial charge in [-0.1, -0.05) is 38.2 Å². The van der Waals surface area contributed by atoms with E-state index in [9.17, 15) is 4.79 Å². The minimum atomic E-state index is 0. The van der Waals surface area contributed by atoms with Crippen molar-refractivity contribution < 1.29 is 6.22 Å². The third-order valence-corrected chi connectivity index (χ3v) is 1.99. The molecule has 2 nitrogen and oxygen atoms in total. The molecular formula is C14H25NO. The van der Waals surface area contributed by atoms with Crippen LogP contribution >= 0.6 is 0 Å². The van der Waals surface area contributed by atoms with E-state index in [0.717, 1.165) is 18.4 Å². The topological polar surface area (TPSA) is 29.1 Å². The fraction of sp³-hybridized carbons (Fsp3) is 0.500. The Balaban J connectivity index is 0. The standard InChI is InChI=1S/C12H17NO.C2H6.H2/c1-3-5-7-10(6-4-2)12(14)13-11-8-9-11;1-2;/h3-7,11H,8-9H2,1-2H3,(H,13,14);1-2H3;1H/b5-3-,6-4-,10-7+;;. The Morgan fingerprint density at radius 1 is 1.25 bits per heavy atom. The molecule has 0 aromatic carbocycles. The largest absolute Gasteiger partial charge is 0.349 e. The summed E-state index contributed by atoms with van der Waals surface area (Å²) in [5.74, 6) is 0.0312. The molecule has 0 aliphatic heterocycles. The maximum Gasteiger partial charge on any atom is 0.251 e. The van der Waals surface area contributed by atoms with Gasteiger partial charge in [-0.3, -0.25) is 4.79 Å². The molecule has 2 heteroatoms. The summed E-state index contributed by atoms with van der Waals surface area (Å²) >= 11 is 0. The maximum atomic E-state index is 11.6. The third-order valence-electron chi connectivity index (χ3n) is 1.99. The molecule has 0 spiro atoms. The summed E-state index contributed by atoms with van der Waals surface area (Å²) in [5.41, 5.74) is 0.720. The highest BCUT2D eigenvalue weighted by atomic mass is 16.1. The average Bonchev–Trinajstić information content (AvgIpc) is 3.10. The van der Waals surface area contributed by atoms with E-state index in [-0.39, 0.29) is 7.33 Å². The molecule has 0 aromatic heterocycles. The first-order valence-corrected chi connectivity index (χ1v) is 6.04. The van der Waals surface area contributed by atoms with Crippen LogP contribution in [0.4, 0.5) is 0 Å². The number of allylic oxidation sites excluding steroid dienone is 4. The van der Waals surface area contributed by atoms with Crippen LogP contribution in [0, 0.1) is 0 Å². The Bertz CT molecular complexity index is 289. The van der Waals surface area contributed by atoms with E-state index in [1.165, 1.54) is 0 Å². The minimum absolute atomic E-state index is 0. The van der Waals surface area contributed by atoms with Gasteiger partial charge < -0.3 is 5.32 Å². The van der Waals surface area contributed by atoms with Gasteiger partial charge in [0.05, 0.1) is 0 Å². The van der Waals surface area contributed by atoms with Crippen molar-refractivity contribution in [2.45, 2.75) is 46.6 Å². The summed E-state index contributed by atoms with van der Waals surface area (Å²) in [5, 5.41) is 2.96. The highest BCUT2D eigenvalue weighted by Crippen LogP contribution is 2.19. The zero-order valence-electron chi connectivity index (χ0n) is 10.8. The average molecular weight is 223 g/mol. The number of amides is 1. The van der Waals surface area contributed by atoms with Crippen LogP contribution in [0.1, 0.15) is 42.0 Å². The Labute approximate surface area is 101 Å². The van der Waals surface area contributed by atoms with E-state index in [4.69, 9.17) is 0 Å². The van der Waals surface area contributed by atoms with Crippen LogP contribution in [0.5, 0.6) is 0 Å². The van der Waals surface area contributed by atoms with Gasteiger partial charge in [0.2, 0.25) is 0 Å². The lowest BCUT2D eigenvalue weighted by Crippen LogP contribution is -2.26. The second-order valence-corrected chi connectivity index (χ2v) is 3.40. The summed E-state index contributed by atoms with van der Waals surface area (Å²) in [7, 11) is 0. The van der Waals surface area contributed by atoms with Crippen molar-refractivity contribution in [2.75, 3.05) is 0 Å². The number of carbonyl (C=O) groups excluding carboxylic acids is 1. The second-order valence-electron chi connectivity index (χ2n) is 3.40. The molecule has 0 unspecified atom stereocenters. The van der Waals surface area contributed by atoms with Crippen LogP contribution in [0.15, 0.2) is 36.0 Å². The van der Waals surface area contributed by atoms with Crippen molar-refractivity contribution in [3.63, 3.8) is 0 Å². The van der Waals surface area contributed by atoms with E-state index in [2.05, 4.69) is 5.32 Å². The summed E-state index contributed by atoms with van der Waals surface area (Å²) in [6.07, 6.45) is 11.6. The zero-order valence-corrected chi connectivity index (χ0v) is 10.8. The van der Waals surface area contributed by atoms with Crippen molar-refractivity contribution >= 4 is 5.91 Å². The number of rotatable bonds is 4. The Kier molecular flexibility index (Phi) is 8.22. The van der Waals surface area contributed by atoms with E-state index < -0.39 is 0 Å². The fourth-order valence-corrected chi connectivity index (χ4v) is 1.08. The Hall–Kier alpha value is -1.31. The van der Waals surface area contributed by atoms with Crippen LogP contribution < -0.4 is 5.32 Å². The highest BCUT2D eigenvalue weighted by molar-refractivity contribution is 5.96. The molecule has 16 heavy (non-hydrogen) atoms. The molecule has 1 N–H and O–H groups in total. The molecular weight excluding hydrogens is 198 g/mol. The van der Waals surface area contributed by atoms with Crippen LogP contribution in [0.3, 0.4) is 0 Å². The predicted octanol–water partition coefficient (Wildman–Crippen LogP) is 3.62. The zero-order chi connectivity index (χ0) is 12.4. The highest BCUT2D eigenvalue weighted by Gasteiger charge is 2.23.